The number of carboxylic acids is 4. The molecule has 0 aliphatic carbocycles. The van der Waals surface area contributed by atoms with Crippen molar-refractivity contribution in [2.24, 2.45) is 17.4 Å². The van der Waals surface area contributed by atoms with Crippen LogP contribution in [0.1, 0.15) is 74.2 Å². The molecule has 0 saturated carbocycles. The highest BCUT2D eigenvalue weighted by molar-refractivity contribution is 5.98. The average Bonchev–Trinajstić information content (AvgIpc) is 3.61. The van der Waals surface area contributed by atoms with E-state index in [-0.39, 0.29) is 36.7 Å². The zero-order valence-corrected chi connectivity index (χ0v) is 45.3. The van der Waals surface area contributed by atoms with Gasteiger partial charge in [-0.1, -0.05) is 86.6 Å². The largest absolute Gasteiger partial charge is 0.508 e. The van der Waals surface area contributed by atoms with Crippen molar-refractivity contribution in [1.82, 2.24) is 37.2 Å². The molecule has 7 amide bonds. The molecule has 0 fully saturated rings. The Kier molecular flexibility index (Phi) is 25.5. The highest BCUT2D eigenvalue weighted by Crippen LogP contribution is 2.23. The van der Waals surface area contributed by atoms with Gasteiger partial charge in [-0.15, -0.1) is 0 Å². The van der Waals surface area contributed by atoms with E-state index in [1.165, 1.54) is 48.5 Å². The van der Waals surface area contributed by atoms with Crippen molar-refractivity contribution >= 4 is 65.2 Å². The van der Waals surface area contributed by atoms with Crippen LogP contribution in [0.15, 0.2) is 97.1 Å². The number of hydrogen-bond donors (Lipinski definition) is 16. The number of rotatable bonds is 33. The molecule has 1 unspecified atom stereocenters. The lowest BCUT2D eigenvalue weighted by Crippen LogP contribution is -2.60. The Balaban J connectivity index is 1.53. The van der Waals surface area contributed by atoms with Crippen LogP contribution < -0.4 is 48.7 Å². The Bertz CT molecular complexity index is 2920. The fourth-order valence-corrected chi connectivity index (χ4v) is 8.22. The highest BCUT2D eigenvalue weighted by Gasteiger charge is 2.34. The SMILES string of the molecule is CC(C)C[C@@H](NC(=O)CNC(=O)[C@@H](CCC(=O)O)NC(=O)[C@@H](Cc1ccc(O)cc1)NC(=O)[C@@H](CCC(=O)O)NC(=O)[C@@H](CO)NC(=O)[C@@H](Cc1ccc(O)cc1)NC(=O)[C@H](N)Cc1ccc(-c2ccc(C(N)C(=O)O)cc2)cc1)C(=O)O. The number of nitrogens with two attached hydrogens (primary N) is 2. The van der Waals surface area contributed by atoms with Gasteiger partial charge < -0.3 is 84.4 Å². The molecule has 0 aliphatic heterocycles. The summed E-state index contributed by atoms with van der Waals surface area (Å²) in [5.74, 6) is -13.2. The molecule has 0 aromatic heterocycles. The molecular weight excluding hydrogens is 1090 g/mol. The maximum absolute atomic E-state index is 14.2. The van der Waals surface area contributed by atoms with Crippen LogP contribution in [0.3, 0.4) is 0 Å². The fraction of sp³-hybridized carbons (Fsp3) is 0.375. The number of nitrogens with one attached hydrogen (secondary N) is 7. The second-order valence-electron chi connectivity index (χ2n) is 19.8. The van der Waals surface area contributed by atoms with Gasteiger partial charge in [0.05, 0.1) is 19.2 Å². The van der Waals surface area contributed by atoms with Crippen molar-refractivity contribution in [2.75, 3.05) is 13.2 Å². The van der Waals surface area contributed by atoms with E-state index in [1.54, 1.807) is 62.4 Å². The Morgan fingerprint density at radius 3 is 1.27 bits per heavy atom. The lowest BCUT2D eigenvalue weighted by atomic mass is 9.98. The molecule has 0 bridgehead atoms. The minimum atomic E-state index is -1.88. The smallest absolute Gasteiger partial charge is 0.326 e. The summed E-state index contributed by atoms with van der Waals surface area (Å²) in [7, 11) is 0. The fourth-order valence-electron chi connectivity index (χ4n) is 8.22. The first kappa shape index (κ1) is 66.0. The first-order valence-electron chi connectivity index (χ1n) is 26.1. The molecule has 0 aliphatic rings. The number of aromatic hydroxyl groups is 2. The number of amides is 7. The quantitative estimate of drug-likeness (QED) is 0.0274. The molecule has 4 aromatic carbocycles. The van der Waals surface area contributed by atoms with Crippen LogP contribution >= 0.6 is 0 Å². The Labute approximate surface area is 475 Å². The van der Waals surface area contributed by atoms with Gasteiger partial charge in [-0.25, -0.2) is 4.79 Å². The molecule has 83 heavy (non-hydrogen) atoms. The van der Waals surface area contributed by atoms with E-state index in [0.29, 0.717) is 22.3 Å². The van der Waals surface area contributed by atoms with Crippen molar-refractivity contribution < 1.29 is 88.5 Å². The van der Waals surface area contributed by atoms with Crippen molar-refractivity contribution in [2.45, 2.75) is 114 Å². The van der Waals surface area contributed by atoms with Crippen molar-refractivity contribution in [3.63, 3.8) is 0 Å². The topological polar surface area (TPSA) is 466 Å². The van der Waals surface area contributed by atoms with E-state index in [9.17, 15) is 88.5 Å². The number of phenolic OH excluding ortho intramolecular Hbond substituents is 2. The van der Waals surface area contributed by atoms with Crippen LogP contribution in [-0.2, 0) is 72.0 Å². The third kappa shape index (κ3) is 22.2. The number of hydrogen-bond acceptors (Lipinski definition) is 16. The summed E-state index contributed by atoms with van der Waals surface area (Å²) in [5.41, 5.74) is 15.3. The predicted octanol–water partition coefficient (Wildman–Crippen LogP) is -0.918. The standard InChI is InChI=1S/C56H69N9O18/c1-29(2)23-43(55(80)81)60-45(69)27-59-50(75)39(19-21-46(70)71)61-52(77)42(26-32-7-17-37(68)18-8-32)64-51(76)40(20-22-47(72)73)62-54(79)44(28-66)65-53(78)41(25-31-5-15-36(67)16-6-31)63-49(74)38(57)24-30-3-9-33(10-4-30)34-11-13-35(14-12-34)48(58)56(82)83/h3-18,29,38-44,48,66-68H,19-28,57-58H2,1-2H3,(H,59,75)(H,60,69)(H,61,77)(H,62,79)(H,63,74)(H,64,76)(H,65,78)(H,70,71)(H,72,73)(H,80,81)(H,82,83)/t38-,39-,40-,41-,42-,43-,44-,48?/m1/s1. The summed E-state index contributed by atoms with van der Waals surface area (Å²) in [6.07, 6.45) is -3.27. The number of carbonyl (C=O) groups is 11. The third-order valence-corrected chi connectivity index (χ3v) is 12.8. The summed E-state index contributed by atoms with van der Waals surface area (Å²) in [6.45, 7) is 1.54. The molecule has 4 aromatic rings. The van der Waals surface area contributed by atoms with Crippen LogP contribution in [-0.4, -0.2) is 156 Å². The monoisotopic (exact) mass is 1160 g/mol. The second-order valence-corrected chi connectivity index (χ2v) is 19.8. The van der Waals surface area contributed by atoms with Gasteiger partial charge in [-0.05, 0) is 89.2 Å². The summed E-state index contributed by atoms with van der Waals surface area (Å²) >= 11 is 0. The van der Waals surface area contributed by atoms with E-state index < -0.39 is 159 Å². The van der Waals surface area contributed by atoms with Gasteiger partial charge >= 0.3 is 23.9 Å². The van der Waals surface area contributed by atoms with Crippen LogP contribution in [0, 0.1) is 5.92 Å². The molecule has 18 N–H and O–H groups in total. The van der Waals surface area contributed by atoms with Gasteiger partial charge in [0, 0.05) is 25.7 Å². The minimum Gasteiger partial charge on any atom is -0.508 e. The van der Waals surface area contributed by atoms with Gasteiger partial charge in [0.25, 0.3) is 0 Å². The van der Waals surface area contributed by atoms with E-state index in [2.05, 4.69) is 37.2 Å². The van der Waals surface area contributed by atoms with E-state index in [0.717, 1.165) is 11.1 Å². The normalized spacial score (nSPS) is 13.9. The van der Waals surface area contributed by atoms with Gasteiger partial charge in [0.2, 0.25) is 41.4 Å². The van der Waals surface area contributed by atoms with Crippen LogP contribution in [0.2, 0.25) is 0 Å². The first-order valence-corrected chi connectivity index (χ1v) is 26.1. The summed E-state index contributed by atoms with van der Waals surface area (Å²) < 4.78 is 0. The van der Waals surface area contributed by atoms with Crippen molar-refractivity contribution in [3.05, 3.63) is 119 Å². The summed E-state index contributed by atoms with van der Waals surface area (Å²) in [4.78, 5) is 142. The molecule has 0 spiro atoms. The number of carboxylic acid groups (broad SMARTS) is 4. The van der Waals surface area contributed by atoms with E-state index >= 15 is 0 Å². The lowest BCUT2D eigenvalue weighted by Gasteiger charge is -2.27. The number of aliphatic hydroxyl groups excluding tert-OH is 1. The lowest BCUT2D eigenvalue weighted by molar-refractivity contribution is -0.142. The van der Waals surface area contributed by atoms with E-state index in [4.69, 9.17) is 11.5 Å². The molecule has 27 nitrogen and oxygen atoms in total. The number of carbonyl (C=O) groups excluding carboxylic acids is 7. The first-order chi connectivity index (χ1) is 39.2. The molecule has 446 valence electrons. The van der Waals surface area contributed by atoms with Crippen LogP contribution in [0.25, 0.3) is 11.1 Å². The molecule has 0 heterocycles. The van der Waals surface area contributed by atoms with Crippen LogP contribution in [0.5, 0.6) is 11.5 Å². The Morgan fingerprint density at radius 1 is 0.446 bits per heavy atom. The zero-order valence-electron chi connectivity index (χ0n) is 45.3. The maximum Gasteiger partial charge on any atom is 0.326 e. The van der Waals surface area contributed by atoms with Crippen molar-refractivity contribution in [3.8, 4) is 22.6 Å². The van der Waals surface area contributed by atoms with Gasteiger partial charge in [-0.3, -0.25) is 47.9 Å². The zero-order chi connectivity index (χ0) is 61.5. The molecule has 4 rings (SSSR count). The minimum absolute atomic E-state index is 0.0254. The maximum atomic E-state index is 14.2. The average molecular weight is 1160 g/mol. The number of benzene rings is 4. The highest BCUT2D eigenvalue weighted by atomic mass is 16.4. The van der Waals surface area contributed by atoms with Crippen LogP contribution in [0.4, 0.5) is 0 Å². The van der Waals surface area contributed by atoms with E-state index in [1.807, 2.05) is 0 Å². The number of aliphatic hydroxyl groups is 1. The Morgan fingerprint density at radius 2 is 0.831 bits per heavy atom. The van der Waals surface area contributed by atoms with Gasteiger partial charge in [0.1, 0.15) is 53.8 Å². The van der Waals surface area contributed by atoms with Gasteiger partial charge in [0.15, 0.2) is 0 Å². The molecule has 27 heteroatoms. The molecule has 8 atom stereocenters. The third-order valence-electron chi connectivity index (χ3n) is 12.8. The molecular formula is C56H69N9O18. The summed E-state index contributed by atoms with van der Waals surface area (Å²) in [5, 5.41) is 84.4. The Hall–Kier alpha value is -9.47. The summed E-state index contributed by atoms with van der Waals surface area (Å²) in [6, 6.07) is 12.0. The molecule has 0 radical (unpaired) electrons. The number of phenols is 2. The number of aliphatic carboxylic acids is 4. The predicted molar refractivity (Wildman–Crippen MR) is 294 cm³/mol. The van der Waals surface area contributed by atoms with Crippen molar-refractivity contribution in [1.29, 1.82) is 0 Å². The second kappa shape index (κ2) is 32.1. The van der Waals surface area contributed by atoms with Gasteiger partial charge in [-0.2, -0.15) is 0 Å². The molecule has 0 saturated heterocycles.